The average molecular weight is 530 g/mol. The van der Waals surface area contributed by atoms with Crippen molar-refractivity contribution in [3.8, 4) is 0 Å². The average Bonchev–Trinajstić information content (AvgIpc) is 3.22. The first-order valence-corrected chi connectivity index (χ1v) is 13.4. The minimum Gasteiger partial charge on any atom is -0.454 e. The summed E-state index contributed by atoms with van der Waals surface area (Å²) in [5.41, 5.74) is 2.20. The Hall–Kier alpha value is -2.38. The van der Waals surface area contributed by atoms with Crippen LogP contribution in [0.2, 0.25) is 8.67 Å². The summed E-state index contributed by atoms with van der Waals surface area (Å²) in [6, 6.07) is 20.4. The Morgan fingerprint density at radius 3 is 2.31 bits per heavy atom. The lowest BCUT2D eigenvalue weighted by molar-refractivity contribution is -0.938. The second-order valence-electron chi connectivity index (χ2n) is 9.46. The van der Waals surface area contributed by atoms with E-state index in [0.29, 0.717) is 37.7 Å². The van der Waals surface area contributed by atoms with Gasteiger partial charge in [0.2, 0.25) is 5.78 Å². The summed E-state index contributed by atoms with van der Waals surface area (Å²) in [5, 5.41) is 3.34. The lowest BCUT2D eigenvalue weighted by atomic mass is 9.82. The van der Waals surface area contributed by atoms with Crippen molar-refractivity contribution in [1.29, 1.82) is 0 Å². The summed E-state index contributed by atoms with van der Waals surface area (Å²) < 4.78 is 7.76. The van der Waals surface area contributed by atoms with Crippen molar-refractivity contribution in [3.63, 3.8) is 0 Å². The molecular formula is C27H27Cl2N2O3S+. The highest BCUT2D eigenvalue weighted by molar-refractivity contribution is 7.20. The number of nitrogens with one attached hydrogen (secondary N) is 1. The molecule has 3 aromatic rings. The van der Waals surface area contributed by atoms with Gasteiger partial charge in [0.05, 0.1) is 23.0 Å². The molecule has 3 saturated heterocycles. The Bertz CT molecular complexity index is 1190. The molecule has 3 aliphatic rings. The molecule has 0 saturated carbocycles. The maximum absolute atomic E-state index is 13.5. The van der Waals surface area contributed by atoms with Gasteiger partial charge in [0.15, 0.2) is 12.1 Å². The number of rotatable bonds is 8. The molecule has 5 nitrogen and oxygen atoms in total. The van der Waals surface area contributed by atoms with Crippen LogP contribution in [0.3, 0.4) is 0 Å². The highest BCUT2D eigenvalue weighted by Crippen LogP contribution is 2.38. The van der Waals surface area contributed by atoms with Crippen LogP contribution < -0.4 is 5.32 Å². The van der Waals surface area contributed by atoms with Crippen molar-refractivity contribution in [2.45, 2.75) is 25.0 Å². The number of thiophene rings is 1. The van der Waals surface area contributed by atoms with Gasteiger partial charge < -0.3 is 14.5 Å². The van der Waals surface area contributed by atoms with E-state index in [0.717, 1.165) is 37.2 Å². The Morgan fingerprint density at radius 2 is 1.69 bits per heavy atom. The Kier molecular flexibility index (Phi) is 7.17. The van der Waals surface area contributed by atoms with E-state index in [2.05, 4.69) is 5.32 Å². The fourth-order valence-corrected chi connectivity index (χ4v) is 6.84. The fourth-order valence-electron chi connectivity index (χ4n) is 5.34. The fraction of sp³-hybridized carbons (Fsp3) is 0.333. The van der Waals surface area contributed by atoms with Gasteiger partial charge >= 0.3 is 5.97 Å². The first-order chi connectivity index (χ1) is 16.9. The highest BCUT2D eigenvalue weighted by atomic mass is 35.5. The Balaban J connectivity index is 1.31. The predicted molar refractivity (Wildman–Crippen MR) is 140 cm³/mol. The van der Waals surface area contributed by atoms with Crippen LogP contribution in [0.25, 0.3) is 0 Å². The molecule has 2 bridgehead atoms. The minimum atomic E-state index is -0.615. The second kappa shape index (κ2) is 10.3. The standard InChI is InChI=1S/C27H27Cl2N2O3S/c28-24-15-21(26(29)35-24)22(32)16-31-13-11-18(12-14-31)23(17-31)34-27(33)25(19-7-3-1-4-8-19)30-20-9-5-2-6-10-20/h1-10,15,18,23,25,30H,11-14,16-17H2/q+1. The molecule has 3 fully saturated rings. The Morgan fingerprint density at radius 1 is 1.03 bits per heavy atom. The number of nitrogens with zero attached hydrogens (tertiary/aromatic N) is 1. The van der Waals surface area contributed by atoms with E-state index in [1.54, 1.807) is 6.07 Å². The largest absolute Gasteiger partial charge is 0.454 e. The molecule has 4 heterocycles. The van der Waals surface area contributed by atoms with Crippen molar-refractivity contribution in [2.24, 2.45) is 5.92 Å². The van der Waals surface area contributed by atoms with E-state index >= 15 is 0 Å². The van der Waals surface area contributed by atoms with Crippen molar-refractivity contribution >= 4 is 52.0 Å². The number of ether oxygens (including phenoxy) is 1. The van der Waals surface area contributed by atoms with E-state index < -0.39 is 6.04 Å². The number of carbonyl (C=O) groups is 2. The lowest BCUT2D eigenvalue weighted by Crippen LogP contribution is -2.65. The van der Waals surface area contributed by atoms with Gasteiger partial charge in [-0.1, -0.05) is 71.7 Å². The number of fused-ring (bicyclic) bond motifs is 3. The van der Waals surface area contributed by atoms with Crippen LogP contribution in [0.15, 0.2) is 66.7 Å². The van der Waals surface area contributed by atoms with Crippen molar-refractivity contribution in [3.05, 3.63) is 86.5 Å². The van der Waals surface area contributed by atoms with Crippen LogP contribution in [0.1, 0.15) is 34.8 Å². The van der Waals surface area contributed by atoms with E-state index in [4.69, 9.17) is 27.9 Å². The van der Waals surface area contributed by atoms with Crippen LogP contribution in [-0.4, -0.2) is 48.5 Å². The third kappa shape index (κ3) is 5.41. The SMILES string of the molecule is O=C(C[N+]12CCC(CC1)C(OC(=O)C(Nc1ccccc1)c1ccccc1)C2)c1cc(Cl)sc1Cl. The van der Waals surface area contributed by atoms with E-state index in [-0.39, 0.29) is 17.9 Å². The molecule has 1 N–H and O–H groups in total. The van der Waals surface area contributed by atoms with E-state index in [1.807, 2.05) is 60.7 Å². The molecule has 0 amide bonds. The van der Waals surface area contributed by atoms with Gasteiger partial charge in [-0.3, -0.25) is 4.79 Å². The maximum atomic E-state index is 13.5. The van der Waals surface area contributed by atoms with Gasteiger partial charge in [-0.25, -0.2) is 4.79 Å². The number of Topliss-reactive ketones (excluding diaryl/α,β-unsaturated/α-hetero) is 1. The van der Waals surface area contributed by atoms with Crippen molar-refractivity contribution < 1.29 is 18.8 Å². The molecule has 3 aliphatic heterocycles. The Labute approximate surface area is 219 Å². The zero-order valence-electron chi connectivity index (χ0n) is 19.2. The zero-order chi connectivity index (χ0) is 24.4. The third-order valence-electron chi connectivity index (χ3n) is 7.20. The number of piperidine rings is 3. The van der Waals surface area contributed by atoms with Crippen molar-refractivity contribution in [2.75, 3.05) is 31.5 Å². The number of halogens is 2. The van der Waals surface area contributed by atoms with Crippen LogP contribution in [0.5, 0.6) is 0 Å². The summed E-state index contributed by atoms with van der Waals surface area (Å²) in [6.07, 6.45) is 1.65. The molecule has 2 unspecified atom stereocenters. The monoisotopic (exact) mass is 529 g/mol. The molecule has 6 rings (SSSR count). The first kappa shape index (κ1) is 24.3. The topological polar surface area (TPSA) is 55.4 Å². The van der Waals surface area contributed by atoms with Gasteiger partial charge in [0, 0.05) is 24.4 Å². The van der Waals surface area contributed by atoms with Gasteiger partial charge in [-0.2, -0.15) is 0 Å². The molecule has 0 spiro atoms. The lowest BCUT2D eigenvalue weighted by Gasteiger charge is -2.51. The van der Waals surface area contributed by atoms with Gasteiger partial charge in [-0.05, 0) is 23.8 Å². The van der Waals surface area contributed by atoms with Gasteiger partial charge in [0.1, 0.15) is 17.4 Å². The number of hydrogen-bond donors (Lipinski definition) is 1. The number of esters is 1. The number of benzene rings is 2. The summed E-state index contributed by atoms with van der Waals surface area (Å²) >= 11 is 13.5. The summed E-state index contributed by atoms with van der Waals surface area (Å²) in [7, 11) is 0. The first-order valence-electron chi connectivity index (χ1n) is 11.8. The quantitative estimate of drug-likeness (QED) is 0.213. The number of carbonyl (C=O) groups excluding carboxylic acids is 2. The molecule has 35 heavy (non-hydrogen) atoms. The molecule has 0 aliphatic carbocycles. The van der Waals surface area contributed by atoms with Crippen LogP contribution >= 0.6 is 34.5 Å². The highest BCUT2D eigenvalue weighted by Gasteiger charge is 2.49. The van der Waals surface area contributed by atoms with Crippen molar-refractivity contribution in [1.82, 2.24) is 0 Å². The molecule has 8 heteroatoms. The molecular weight excluding hydrogens is 503 g/mol. The van der Waals surface area contributed by atoms with E-state index in [9.17, 15) is 9.59 Å². The predicted octanol–water partition coefficient (Wildman–Crippen LogP) is 6.24. The third-order valence-corrected chi connectivity index (χ3v) is 8.69. The summed E-state index contributed by atoms with van der Waals surface area (Å²) in [4.78, 5) is 26.6. The van der Waals surface area contributed by atoms with Gasteiger partial charge in [0.25, 0.3) is 0 Å². The minimum absolute atomic E-state index is 0.00326. The molecule has 2 aromatic carbocycles. The number of para-hydroxylation sites is 1. The number of ketones is 1. The maximum Gasteiger partial charge on any atom is 0.333 e. The number of anilines is 1. The molecule has 182 valence electrons. The van der Waals surface area contributed by atoms with E-state index in [1.165, 1.54) is 11.3 Å². The molecule has 0 radical (unpaired) electrons. The van der Waals surface area contributed by atoms with Crippen LogP contribution in [0.4, 0.5) is 5.69 Å². The smallest absolute Gasteiger partial charge is 0.333 e. The molecule has 1 aromatic heterocycles. The zero-order valence-corrected chi connectivity index (χ0v) is 21.5. The molecule has 2 atom stereocenters. The number of quaternary nitrogens is 1. The van der Waals surface area contributed by atoms with Gasteiger partial charge in [-0.15, -0.1) is 11.3 Å². The van der Waals surface area contributed by atoms with Crippen LogP contribution in [-0.2, 0) is 9.53 Å². The van der Waals surface area contributed by atoms with Crippen LogP contribution in [0, 0.1) is 5.92 Å². The summed E-state index contributed by atoms with van der Waals surface area (Å²) in [6.45, 7) is 2.80. The normalized spacial score (nSPS) is 24.1. The second-order valence-corrected chi connectivity index (χ2v) is 11.7. The number of hydrogen-bond acceptors (Lipinski definition) is 5. The summed E-state index contributed by atoms with van der Waals surface area (Å²) in [5.74, 6) is 0.0220.